The van der Waals surface area contributed by atoms with E-state index in [4.69, 9.17) is 5.11 Å². The maximum Gasteiger partial charge on any atom is 0.303 e. The summed E-state index contributed by atoms with van der Waals surface area (Å²) in [6.07, 6.45) is 2.88. The Morgan fingerprint density at radius 3 is 2.42 bits per heavy atom. The van der Waals surface area contributed by atoms with Crippen LogP contribution in [0.25, 0.3) is 0 Å². The Kier molecular flexibility index (Phi) is 4.85. The fourth-order valence-electron chi connectivity index (χ4n) is 2.91. The molecule has 6 heteroatoms. The maximum atomic E-state index is 12.6. The molecule has 3 rings (SSSR count). The number of benzene rings is 1. The number of carboxylic acid groups (broad SMARTS) is 1. The molecule has 1 aliphatic rings. The first-order valence-electron chi connectivity index (χ1n) is 8.96. The number of hydrogen-bond donors (Lipinski definition) is 2. The molecule has 0 saturated heterocycles. The number of hydrogen-bond acceptors (Lipinski definition) is 3. The lowest BCUT2D eigenvalue weighted by molar-refractivity contribution is -0.136. The van der Waals surface area contributed by atoms with Crippen LogP contribution in [0.1, 0.15) is 67.7 Å². The number of carbonyl (C=O) groups is 2. The smallest absolute Gasteiger partial charge is 0.303 e. The molecule has 0 radical (unpaired) electrons. The van der Waals surface area contributed by atoms with E-state index < -0.39 is 5.97 Å². The van der Waals surface area contributed by atoms with Crippen LogP contribution < -0.4 is 5.32 Å². The van der Waals surface area contributed by atoms with E-state index in [1.165, 1.54) is 0 Å². The number of nitrogens with one attached hydrogen (secondary N) is 1. The van der Waals surface area contributed by atoms with E-state index in [0.717, 1.165) is 24.1 Å². The molecule has 1 fully saturated rings. The van der Waals surface area contributed by atoms with E-state index in [0.29, 0.717) is 23.7 Å². The molecule has 1 aromatic carbocycles. The van der Waals surface area contributed by atoms with Gasteiger partial charge in [-0.25, -0.2) is 0 Å². The molecule has 0 aliphatic heterocycles. The highest BCUT2D eigenvalue weighted by Gasteiger charge is 2.32. The summed E-state index contributed by atoms with van der Waals surface area (Å²) in [5.74, 6) is -0.534. The maximum absolute atomic E-state index is 12.6. The van der Waals surface area contributed by atoms with Crippen molar-refractivity contribution in [2.45, 2.75) is 57.9 Å². The number of carbonyl (C=O) groups excluding carboxylic acids is 1. The first-order valence-corrected chi connectivity index (χ1v) is 8.96. The van der Waals surface area contributed by atoms with Crippen molar-refractivity contribution in [2.24, 2.45) is 0 Å². The van der Waals surface area contributed by atoms with Gasteiger partial charge in [-0.2, -0.15) is 5.10 Å². The third-order valence-corrected chi connectivity index (χ3v) is 4.44. The van der Waals surface area contributed by atoms with Gasteiger partial charge in [0, 0.05) is 23.7 Å². The van der Waals surface area contributed by atoms with E-state index in [9.17, 15) is 9.59 Å². The predicted molar refractivity (Wildman–Crippen MR) is 99.6 cm³/mol. The molecular formula is C20H25N3O3. The lowest BCUT2D eigenvalue weighted by Crippen LogP contribution is -2.25. The van der Waals surface area contributed by atoms with Crippen LogP contribution in [-0.4, -0.2) is 26.8 Å². The molecular weight excluding hydrogens is 330 g/mol. The number of amides is 1. The van der Waals surface area contributed by atoms with Gasteiger partial charge >= 0.3 is 5.97 Å². The van der Waals surface area contributed by atoms with Crippen molar-refractivity contribution in [1.29, 1.82) is 0 Å². The number of anilines is 1. The zero-order chi connectivity index (χ0) is 18.9. The topological polar surface area (TPSA) is 84.2 Å². The van der Waals surface area contributed by atoms with Crippen LogP contribution in [0.2, 0.25) is 0 Å². The van der Waals surface area contributed by atoms with Gasteiger partial charge in [-0.1, -0.05) is 12.1 Å². The second-order valence-electron chi connectivity index (χ2n) is 7.86. The molecule has 1 saturated carbocycles. The van der Waals surface area contributed by atoms with Gasteiger partial charge in [0.25, 0.3) is 5.91 Å². The Morgan fingerprint density at radius 1 is 1.23 bits per heavy atom. The zero-order valence-electron chi connectivity index (χ0n) is 15.5. The van der Waals surface area contributed by atoms with E-state index >= 15 is 0 Å². The molecule has 1 aliphatic carbocycles. The van der Waals surface area contributed by atoms with Gasteiger partial charge in [-0.3, -0.25) is 14.3 Å². The third kappa shape index (κ3) is 4.31. The number of aromatic nitrogens is 2. The van der Waals surface area contributed by atoms with Gasteiger partial charge in [0.15, 0.2) is 5.69 Å². The molecule has 1 aromatic heterocycles. The highest BCUT2D eigenvalue weighted by atomic mass is 16.4. The Morgan fingerprint density at radius 2 is 1.88 bits per heavy atom. The van der Waals surface area contributed by atoms with Crippen molar-refractivity contribution in [3.05, 3.63) is 47.3 Å². The SMILES string of the molecule is CC(C)(C)n1nc(C(=O)Nc2ccc(CCC(=O)O)cc2)cc1C1CC1. The van der Waals surface area contributed by atoms with Crippen LogP contribution in [0.3, 0.4) is 0 Å². The van der Waals surface area contributed by atoms with E-state index in [1.807, 2.05) is 22.9 Å². The number of aryl methyl sites for hydroxylation is 1. The van der Waals surface area contributed by atoms with Gasteiger partial charge in [-0.05, 0) is 63.8 Å². The standard InChI is InChI=1S/C20H25N3O3/c1-20(2,3)23-17(14-7-8-14)12-16(22-23)19(26)21-15-9-4-13(5-10-15)6-11-18(24)25/h4-5,9-10,12,14H,6-8,11H2,1-3H3,(H,21,26)(H,24,25). The molecule has 2 N–H and O–H groups in total. The van der Waals surface area contributed by atoms with Crippen molar-refractivity contribution in [3.8, 4) is 0 Å². The summed E-state index contributed by atoms with van der Waals surface area (Å²) in [5, 5.41) is 16.1. The molecule has 1 heterocycles. The number of nitrogens with zero attached hydrogens (tertiary/aromatic N) is 2. The van der Waals surface area contributed by atoms with Crippen LogP contribution in [0.4, 0.5) is 5.69 Å². The van der Waals surface area contributed by atoms with Crippen molar-refractivity contribution in [2.75, 3.05) is 5.32 Å². The first-order chi connectivity index (χ1) is 12.2. The second kappa shape index (κ2) is 6.94. The largest absolute Gasteiger partial charge is 0.481 e. The average molecular weight is 355 g/mol. The van der Waals surface area contributed by atoms with Crippen LogP contribution in [0, 0.1) is 0 Å². The number of aliphatic carboxylic acids is 1. The molecule has 0 spiro atoms. The lowest BCUT2D eigenvalue weighted by atomic mass is 10.1. The molecule has 0 atom stereocenters. The van der Waals surface area contributed by atoms with Gasteiger partial charge in [0.05, 0.1) is 5.54 Å². The van der Waals surface area contributed by atoms with E-state index in [2.05, 4.69) is 31.2 Å². The monoisotopic (exact) mass is 355 g/mol. The van der Waals surface area contributed by atoms with Crippen LogP contribution >= 0.6 is 0 Å². The summed E-state index contributed by atoms with van der Waals surface area (Å²) >= 11 is 0. The Labute approximate surface area is 153 Å². The fourth-order valence-corrected chi connectivity index (χ4v) is 2.91. The second-order valence-corrected chi connectivity index (χ2v) is 7.86. The summed E-state index contributed by atoms with van der Waals surface area (Å²) in [5.41, 5.74) is 3.00. The minimum absolute atomic E-state index is 0.0971. The van der Waals surface area contributed by atoms with Crippen LogP contribution in [0.5, 0.6) is 0 Å². The van der Waals surface area contributed by atoms with Gasteiger partial charge in [-0.15, -0.1) is 0 Å². The average Bonchev–Trinajstić information content (AvgIpc) is 3.30. The normalized spacial score (nSPS) is 14.3. The summed E-state index contributed by atoms with van der Waals surface area (Å²) in [6.45, 7) is 6.26. The lowest BCUT2D eigenvalue weighted by Gasteiger charge is -2.22. The highest BCUT2D eigenvalue weighted by molar-refractivity contribution is 6.03. The Bertz CT molecular complexity index is 812. The summed E-state index contributed by atoms with van der Waals surface area (Å²) < 4.78 is 1.97. The quantitative estimate of drug-likeness (QED) is 0.826. The van der Waals surface area contributed by atoms with Gasteiger partial charge in [0.1, 0.15) is 0 Å². The Hall–Kier alpha value is -2.63. The van der Waals surface area contributed by atoms with E-state index in [-0.39, 0.29) is 17.9 Å². The minimum atomic E-state index is -0.816. The first kappa shape index (κ1) is 18.2. The number of rotatable bonds is 6. The molecule has 26 heavy (non-hydrogen) atoms. The number of carboxylic acids is 1. The van der Waals surface area contributed by atoms with Crippen LogP contribution in [-0.2, 0) is 16.8 Å². The zero-order valence-corrected chi connectivity index (χ0v) is 15.5. The molecule has 0 unspecified atom stereocenters. The highest BCUT2D eigenvalue weighted by Crippen LogP contribution is 2.41. The molecule has 1 amide bonds. The van der Waals surface area contributed by atoms with E-state index in [1.54, 1.807) is 12.1 Å². The van der Waals surface area contributed by atoms with Crippen molar-refractivity contribution < 1.29 is 14.7 Å². The van der Waals surface area contributed by atoms with Crippen LogP contribution in [0.15, 0.2) is 30.3 Å². The fraction of sp³-hybridized carbons (Fsp3) is 0.450. The molecule has 6 nitrogen and oxygen atoms in total. The van der Waals surface area contributed by atoms with Crippen molar-refractivity contribution in [1.82, 2.24) is 9.78 Å². The summed E-state index contributed by atoms with van der Waals surface area (Å²) in [7, 11) is 0. The molecule has 138 valence electrons. The molecule has 2 aromatic rings. The van der Waals surface area contributed by atoms with Crippen molar-refractivity contribution in [3.63, 3.8) is 0 Å². The summed E-state index contributed by atoms with van der Waals surface area (Å²) in [4.78, 5) is 23.2. The third-order valence-electron chi connectivity index (χ3n) is 4.44. The molecule has 0 bridgehead atoms. The predicted octanol–water partition coefficient (Wildman–Crippen LogP) is 3.79. The summed E-state index contributed by atoms with van der Waals surface area (Å²) in [6, 6.07) is 9.15. The minimum Gasteiger partial charge on any atom is -0.481 e. The van der Waals surface area contributed by atoms with Gasteiger partial charge < -0.3 is 10.4 Å². The Balaban J connectivity index is 1.71. The van der Waals surface area contributed by atoms with Gasteiger partial charge in [0.2, 0.25) is 0 Å². The van der Waals surface area contributed by atoms with Crippen molar-refractivity contribution >= 4 is 17.6 Å².